The number of hydrogen-bond donors (Lipinski definition) is 3. The van der Waals surface area contributed by atoms with Crippen LogP contribution in [0.15, 0.2) is 42.5 Å². The summed E-state index contributed by atoms with van der Waals surface area (Å²) >= 11 is 0. The van der Waals surface area contributed by atoms with Crippen LogP contribution in [-0.2, 0) is 27.2 Å². The molecule has 3 N–H and O–H groups in total. The molecule has 0 aliphatic carbocycles. The summed E-state index contributed by atoms with van der Waals surface area (Å²) in [7, 11) is 0. The van der Waals surface area contributed by atoms with Gasteiger partial charge in [0.15, 0.2) is 0 Å². The number of carboxylic acids is 1. The number of carboxylic acid groups (broad SMARTS) is 1. The highest BCUT2D eigenvalue weighted by Crippen LogP contribution is 2.19. The molecule has 0 heterocycles. The molecule has 2 rings (SSSR count). The van der Waals surface area contributed by atoms with Crippen molar-refractivity contribution < 1.29 is 33.2 Å². The molecule has 0 saturated carbocycles. The Morgan fingerprint density at radius 2 is 1.71 bits per heavy atom. The highest BCUT2D eigenvalue weighted by molar-refractivity contribution is 5.90. The van der Waals surface area contributed by atoms with Gasteiger partial charge in [-0.15, -0.1) is 0 Å². The Labute approximate surface area is 175 Å². The molecule has 0 aliphatic heterocycles. The van der Waals surface area contributed by atoms with Crippen molar-refractivity contribution in [2.75, 3.05) is 0 Å². The number of hydrogen-bond acceptors (Lipinski definition) is 5. The second kappa shape index (κ2) is 10.2. The minimum absolute atomic E-state index is 0.103. The van der Waals surface area contributed by atoms with Crippen molar-refractivity contribution in [3.63, 3.8) is 0 Å². The lowest BCUT2D eigenvalue weighted by molar-refractivity contribution is -0.387. The number of amides is 2. The molecule has 31 heavy (non-hydrogen) atoms. The lowest BCUT2D eigenvalue weighted by Gasteiger charge is -2.21. The molecular formula is C20H19F2N3O6. The van der Waals surface area contributed by atoms with Gasteiger partial charge in [-0.25, -0.2) is 9.18 Å². The number of rotatable bonds is 9. The Morgan fingerprint density at radius 1 is 1.03 bits per heavy atom. The summed E-state index contributed by atoms with van der Waals surface area (Å²) < 4.78 is 27.4. The highest BCUT2D eigenvalue weighted by Gasteiger charge is 2.28. The molecule has 2 aromatic rings. The van der Waals surface area contributed by atoms with E-state index in [9.17, 15) is 38.4 Å². The monoisotopic (exact) mass is 435 g/mol. The van der Waals surface area contributed by atoms with E-state index in [0.29, 0.717) is 0 Å². The van der Waals surface area contributed by atoms with Gasteiger partial charge in [0.25, 0.3) is 0 Å². The van der Waals surface area contributed by atoms with Crippen LogP contribution in [0.4, 0.5) is 14.5 Å². The first-order chi connectivity index (χ1) is 14.6. The molecule has 2 amide bonds. The number of benzene rings is 2. The van der Waals surface area contributed by atoms with Crippen molar-refractivity contribution in [1.82, 2.24) is 10.6 Å². The highest BCUT2D eigenvalue weighted by atomic mass is 19.1. The maximum Gasteiger partial charge on any atom is 0.326 e. The van der Waals surface area contributed by atoms with E-state index in [1.54, 1.807) is 6.07 Å². The molecule has 0 saturated heterocycles. The van der Waals surface area contributed by atoms with Gasteiger partial charge in [0.05, 0.1) is 4.92 Å². The maximum absolute atomic E-state index is 13.9. The van der Waals surface area contributed by atoms with Crippen LogP contribution in [0.25, 0.3) is 0 Å². The minimum Gasteiger partial charge on any atom is -0.480 e. The lowest BCUT2D eigenvalue weighted by atomic mass is 10.0. The zero-order valence-corrected chi connectivity index (χ0v) is 16.3. The summed E-state index contributed by atoms with van der Waals surface area (Å²) in [5.74, 6) is -4.60. The smallest absolute Gasteiger partial charge is 0.326 e. The molecule has 9 nitrogen and oxygen atoms in total. The van der Waals surface area contributed by atoms with Crippen LogP contribution < -0.4 is 10.6 Å². The molecule has 0 fully saturated rings. The summed E-state index contributed by atoms with van der Waals surface area (Å²) in [4.78, 5) is 45.7. The minimum atomic E-state index is -1.53. The molecule has 2 atom stereocenters. The molecule has 164 valence electrons. The van der Waals surface area contributed by atoms with E-state index in [-0.39, 0.29) is 24.0 Å². The molecule has 0 aromatic heterocycles. The summed E-state index contributed by atoms with van der Waals surface area (Å²) in [5.41, 5.74) is -0.591. The van der Waals surface area contributed by atoms with Crippen LogP contribution in [-0.4, -0.2) is 39.9 Å². The third-order valence-corrected chi connectivity index (χ3v) is 4.34. The van der Waals surface area contributed by atoms with E-state index in [1.165, 1.54) is 18.2 Å². The van der Waals surface area contributed by atoms with Crippen molar-refractivity contribution in [2.24, 2.45) is 0 Å². The Morgan fingerprint density at radius 3 is 2.29 bits per heavy atom. The van der Waals surface area contributed by atoms with Crippen LogP contribution in [0.5, 0.6) is 0 Å². The van der Waals surface area contributed by atoms with Crippen LogP contribution in [0.3, 0.4) is 0 Å². The summed E-state index contributed by atoms with van der Waals surface area (Å²) in [6.07, 6.45) is -0.610. The number of carbonyl (C=O) groups excluding carboxylic acids is 2. The van der Waals surface area contributed by atoms with E-state index in [2.05, 4.69) is 10.6 Å². The average molecular weight is 435 g/mol. The number of halogens is 2. The van der Waals surface area contributed by atoms with Crippen molar-refractivity contribution >= 4 is 23.5 Å². The first-order valence-electron chi connectivity index (χ1n) is 9.05. The van der Waals surface area contributed by atoms with Gasteiger partial charge in [-0.2, -0.15) is 4.39 Å². The van der Waals surface area contributed by atoms with Gasteiger partial charge in [0.2, 0.25) is 17.6 Å². The van der Waals surface area contributed by atoms with Crippen LogP contribution in [0.1, 0.15) is 18.1 Å². The molecule has 0 aliphatic rings. The number of carbonyl (C=O) groups is 3. The standard InChI is InChI=1S/C20H19F2N3O6/c1-11(26)23-16(10-13-4-2-3-5-14(13)21)19(27)24-17(20(28)29)8-12-6-7-15(22)18(9-12)25(30)31/h2-7,9,16-17H,8,10H2,1H3,(H,23,26)(H,24,27)(H,28,29)/t16-,17+/m1/s1. The van der Waals surface area contributed by atoms with Crippen LogP contribution >= 0.6 is 0 Å². The lowest BCUT2D eigenvalue weighted by Crippen LogP contribution is -2.52. The molecule has 0 spiro atoms. The second-order valence-electron chi connectivity index (χ2n) is 6.70. The van der Waals surface area contributed by atoms with E-state index in [1.807, 2.05) is 0 Å². The maximum atomic E-state index is 13.9. The third-order valence-electron chi connectivity index (χ3n) is 4.34. The predicted molar refractivity (Wildman–Crippen MR) is 104 cm³/mol. The zero-order valence-electron chi connectivity index (χ0n) is 16.3. The third kappa shape index (κ3) is 6.56. The van der Waals surface area contributed by atoms with Crippen molar-refractivity contribution in [1.29, 1.82) is 0 Å². The molecule has 0 unspecified atom stereocenters. The van der Waals surface area contributed by atoms with Crippen LogP contribution in [0, 0.1) is 21.7 Å². The SMILES string of the molecule is CC(=O)N[C@H](Cc1ccccc1F)C(=O)N[C@@H](Cc1ccc(F)c([N+](=O)[O-])c1)C(=O)O. The van der Waals surface area contributed by atoms with Crippen molar-refractivity contribution in [3.8, 4) is 0 Å². The van der Waals surface area contributed by atoms with E-state index >= 15 is 0 Å². The first kappa shape index (κ1) is 23.4. The van der Waals surface area contributed by atoms with Gasteiger partial charge in [-0.05, 0) is 23.3 Å². The largest absolute Gasteiger partial charge is 0.480 e. The molecule has 0 radical (unpaired) electrons. The summed E-state index contributed by atoms with van der Waals surface area (Å²) in [6.45, 7) is 1.15. The Bertz CT molecular complexity index is 1010. The zero-order chi connectivity index (χ0) is 23.1. The van der Waals surface area contributed by atoms with Gasteiger partial charge in [0.1, 0.15) is 17.9 Å². The average Bonchev–Trinajstić information content (AvgIpc) is 2.69. The van der Waals surface area contributed by atoms with Gasteiger partial charge in [0, 0.05) is 25.8 Å². The van der Waals surface area contributed by atoms with E-state index in [4.69, 9.17) is 0 Å². The normalized spacial score (nSPS) is 12.5. The molecule has 0 bridgehead atoms. The number of nitro groups is 1. The van der Waals surface area contributed by atoms with Crippen LogP contribution in [0.2, 0.25) is 0 Å². The van der Waals surface area contributed by atoms with Gasteiger partial charge in [-0.3, -0.25) is 19.7 Å². The summed E-state index contributed by atoms with van der Waals surface area (Å²) in [5, 5.41) is 24.9. The Balaban J connectivity index is 2.21. The fourth-order valence-electron chi connectivity index (χ4n) is 2.87. The predicted octanol–water partition coefficient (Wildman–Crippen LogP) is 1.73. The molecule has 2 aromatic carbocycles. The van der Waals surface area contributed by atoms with Crippen molar-refractivity contribution in [2.45, 2.75) is 31.8 Å². The quantitative estimate of drug-likeness (QED) is 0.405. The number of aliphatic carboxylic acids is 1. The van der Waals surface area contributed by atoms with Gasteiger partial charge >= 0.3 is 11.7 Å². The topological polar surface area (TPSA) is 139 Å². The fourth-order valence-corrected chi connectivity index (χ4v) is 2.87. The van der Waals surface area contributed by atoms with Gasteiger partial charge in [-0.1, -0.05) is 24.3 Å². The van der Waals surface area contributed by atoms with E-state index in [0.717, 1.165) is 25.1 Å². The van der Waals surface area contributed by atoms with Crippen molar-refractivity contribution in [3.05, 3.63) is 75.3 Å². The first-order valence-corrected chi connectivity index (χ1v) is 9.05. The summed E-state index contributed by atoms with van der Waals surface area (Å²) in [6, 6.07) is 5.66. The Hall–Kier alpha value is -3.89. The number of nitro benzene ring substituents is 1. The molecule has 11 heteroatoms. The van der Waals surface area contributed by atoms with Gasteiger partial charge < -0.3 is 15.7 Å². The Kier molecular flexibility index (Phi) is 7.72. The van der Waals surface area contributed by atoms with E-state index < -0.39 is 52.1 Å². The molecular weight excluding hydrogens is 416 g/mol. The second-order valence-corrected chi connectivity index (χ2v) is 6.70. The number of nitrogens with one attached hydrogen (secondary N) is 2. The number of nitrogens with zero attached hydrogens (tertiary/aromatic N) is 1. The fraction of sp³-hybridized carbons (Fsp3) is 0.250.